The molecule has 28 rings (SSSR count). The highest BCUT2D eigenvalue weighted by atomic mass is 15.1. The maximum Gasteiger partial charge on any atom is 0.145 e. The molecule has 4 heterocycles. The van der Waals surface area contributed by atoms with Crippen LogP contribution in [0.25, 0.3) is 287 Å². The minimum atomic E-state index is 0.733. The van der Waals surface area contributed by atoms with Crippen molar-refractivity contribution in [2.24, 2.45) is 0 Å². The van der Waals surface area contributed by atoms with Crippen LogP contribution in [0.3, 0.4) is 0 Å². The second-order valence-electron chi connectivity index (χ2n) is 37.7. The van der Waals surface area contributed by atoms with Gasteiger partial charge >= 0.3 is 0 Å². The third-order valence-corrected chi connectivity index (χ3v) is 30.1. The van der Waals surface area contributed by atoms with Crippen molar-refractivity contribution in [3.8, 4) is 157 Å². The first-order valence-electron chi connectivity index (χ1n) is 49.8. The Labute approximate surface area is 831 Å². The molecule has 0 atom stereocenters. The van der Waals surface area contributed by atoms with Crippen LogP contribution in [0.2, 0.25) is 0 Å². The number of nitrogens with zero attached hydrogens (tertiary/aromatic N) is 8. The number of hydrogen-bond acceptors (Lipinski definition) is 4. The molecule has 0 bridgehead atoms. The van der Waals surface area contributed by atoms with Gasteiger partial charge in [0.1, 0.15) is 23.3 Å². The Bertz CT molecular complexity index is 10100. The molecule has 0 N–H and O–H groups in total. The highest BCUT2D eigenvalue weighted by Gasteiger charge is 2.29. The minimum Gasteiger partial charge on any atom is -0.324 e. The van der Waals surface area contributed by atoms with Crippen molar-refractivity contribution >= 4 is 130 Å². The molecule has 674 valence electrons. The number of imidazole rings is 4. The molecule has 0 aliphatic rings. The van der Waals surface area contributed by atoms with Crippen molar-refractivity contribution < 1.29 is 0 Å². The Kier molecular flexibility index (Phi) is 19.8. The Morgan fingerprint density at radius 3 is 0.806 bits per heavy atom. The van der Waals surface area contributed by atoms with Gasteiger partial charge in [-0.2, -0.15) is 0 Å². The van der Waals surface area contributed by atoms with E-state index in [9.17, 15) is 0 Å². The molecule has 24 aromatic carbocycles. The van der Waals surface area contributed by atoms with E-state index >= 15 is 0 Å². The average Bonchev–Trinajstić information content (AvgIpc) is 0.890. The zero-order chi connectivity index (χ0) is 95.1. The number of rotatable bonds is 17. The summed E-state index contributed by atoms with van der Waals surface area (Å²) in [5.74, 6) is 3.68. The quantitative estimate of drug-likeness (QED) is 0.0852. The fourth-order valence-corrected chi connectivity index (χ4v) is 23.6. The highest BCUT2D eigenvalue weighted by molar-refractivity contribution is 6.25. The first-order valence-corrected chi connectivity index (χ1v) is 49.8. The van der Waals surface area contributed by atoms with Gasteiger partial charge in [-0.15, -0.1) is 0 Å². The van der Waals surface area contributed by atoms with Gasteiger partial charge in [0.2, 0.25) is 0 Å². The van der Waals surface area contributed by atoms with E-state index in [0.717, 1.165) is 191 Å². The van der Waals surface area contributed by atoms with Crippen LogP contribution in [0.15, 0.2) is 485 Å². The third-order valence-electron chi connectivity index (χ3n) is 30.1. The van der Waals surface area contributed by atoms with Gasteiger partial charge < -0.3 is 9.13 Å². The van der Waals surface area contributed by atoms with Gasteiger partial charge in [0.05, 0.1) is 55.5 Å². The molecular formula is C136H90N8. The van der Waals surface area contributed by atoms with Crippen LogP contribution in [0.1, 0.15) is 13.8 Å². The fourth-order valence-electron chi connectivity index (χ4n) is 23.6. The summed E-state index contributed by atoms with van der Waals surface area (Å²) in [6.45, 7) is 5.98. The van der Waals surface area contributed by atoms with Crippen molar-refractivity contribution in [2.75, 3.05) is 0 Å². The molecular weight excluding hydrogens is 1750 g/mol. The zero-order valence-corrected chi connectivity index (χ0v) is 79.2. The van der Waals surface area contributed by atoms with Crippen LogP contribution in [-0.4, -0.2) is 38.2 Å². The molecule has 8 nitrogen and oxygen atoms in total. The summed E-state index contributed by atoms with van der Waals surface area (Å²) >= 11 is 0. The number of benzene rings is 24. The Morgan fingerprint density at radius 2 is 0.417 bits per heavy atom. The number of aryl methyl sites for hydroxylation is 2. The van der Waals surface area contributed by atoms with Crippen molar-refractivity contribution in [1.82, 2.24) is 38.2 Å². The molecule has 0 amide bonds. The van der Waals surface area contributed by atoms with Crippen LogP contribution >= 0.6 is 0 Å². The lowest BCUT2D eigenvalue weighted by Crippen LogP contribution is -2.00. The van der Waals surface area contributed by atoms with Crippen LogP contribution in [0, 0.1) is 0 Å². The van der Waals surface area contributed by atoms with Crippen molar-refractivity contribution in [3.05, 3.63) is 485 Å². The molecule has 28 aromatic rings. The molecule has 8 heteroatoms. The average molecular weight is 1840 g/mol. The molecule has 0 spiro atoms. The molecule has 0 aliphatic heterocycles. The summed E-state index contributed by atoms with van der Waals surface area (Å²) in [5.41, 5.74) is 35.3. The van der Waals surface area contributed by atoms with Crippen LogP contribution in [0.5, 0.6) is 0 Å². The van der Waals surface area contributed by atoms with Crippen LogP contribution in [0.4, 0.5) is 0 Å². The van der Waals surface area contributed by atoms with E-state index in [1.807, 2.05) is 0 Å². The second kappa shape index (κ2) is 34.1. The minimum absolute atomic E-state index is 0.733. The topological polar surface area (TPSA) is 71.3 Å². The monoisotopic (exact) mass is 1830 g/mol. The van der Waals surface area contributed by atoms with E-state index in [1.165, 1.54) is 109 Å². The van der Waals surface area contributed by atoms with Crippen molar-refractivity contribution in [3.63, 3.8) is 0 Å². The van der Waals surface area contributed by atoms with E-state index < -0.39 is 0 Å². The van der Waals surface area contributed by atoms with Crippen LogP contribution < -0.4 is 0 Å². The Balaban J connectivity index is 0.518. The number of aromatic nitrogens is 8. The Morgan fingerprint density at radius 1 is 0.160 bits per heavy atom. The molecule has 144 heavy (non-hydrogen) atoms. The van der Waals surface area contributed by atoms with Gasteiger partial charge in [-0.1, -0.05) is 419 Å². The number of para-hydroxylation sites is 6. The van der Waals surface area contributed by atoms with Crippen molar-refractivity contribution in [2.45, 2.75) is 26.9 Å². The summed E-state index contributed by atoms with van der Waals surface area (Å²) in [6.07, 6.45) is 0. The lowest BCUT2D eigenvalue weighted by Gasteiger charge is -2.20. The number of fused-ring (bicyclic) bond motifs is 12. The molecule has 0 saturated carbocycles. The van der Waals surface area contributed by atoms with Crippen LogP contribution in [-0.2, 0) is 13.1 Å². The van der Waals surface area contributed by atoms with Gasteiger partial charge in [0.25, 0.3) is 0 Å². The maximum absolute atomic E-state index is 5.72. The number of hydrogen-bond donors (Lipinski definition) is 0. The van der Waals surface area contributed by atoms with Gasteiger partial charge in [-0.05, 0) is 245 Å². The largest absolute Gasteiger partial charge is 0.324 e. The van der Waals surface area contributed by atoms with Crippen molar-refractivity contribution in [1.29, 1.82) is 0 Å². The summed E-state index contributed by atoms with van der Waals surface area (Å²) in [7, 11) is 0. The van der Waals surface area contributed by atoms with Gasteiger partial charge in [0.15, 0.2) is 0 Å². The van der Waals surface area contributed by atoms with E-state index in [0.29, 0.717) is 0 Å². The summed E-state index contributed by atoms with van der Waals surface area (Å²) < 4.78 is 9.45. The molecule has 0 aliphatic carbocycles. The van der Waals surface area contributed by atoms with E-state index in [1.54, 1.807) is 0 Å². The van der Waals surface area contributed by atoms with E-state index in [4.69, 9.17) is 19.9 Å². The third kappa shape index (κ3) is 13.4. The summed E-state index contributed by atoms with van der Waals surface area (Å²) in [4.78, 5) is 22.0. The van der Waals surface area contributed by atoms with Gasteiger partial charge in [0, 0.05) is 57.2 Å². The first-order chi connectivity index (χ1) is 71.4. The predicted molar refractivity (Wildman–Crippen MR) is 604 cm³/mol. The fraction of sp³-hybridized carbons (Fsp3) is 0.0294. The highest BCUT2D eigenvalue weighted by Crippen LogP contribution is 2.52. The maximum atomic E-state index is 5.72. The smallest absolute Gasteiger partial charge is 0.145 e. The molecule has 0 saturated heterocycles. The normalized spacial score (nSPS) is 11.9. The SMILES string of the molecule is CCn1c(-c2ccccc2)nc2c(-c3ccc(-c4cccc5c(-c6ccccc6)c6cccc(-c7ccc(-c8cccc9c8nc(-c8ccc(-c%10cccc(-c%11nc%12ccccc%12n%11-c%11ccc(-c%12cccc%13c(-c%14ccccc%14)c%14cccc(-c%15ccc(-n%16c(-c%17ccccc%17)nc%17ccccc%17%16)c%16ccccc%15%16)c%14cc%12%13)c%12ccccc%11%12)c%10)cc8)n9CC)c8ccccc78)c6cc45)c4ccccc34)cccc21. The summed E-state index contributed by atoms with van der Waals surface area (Å²) in [5, 5.41) is 18.8. The summed E-state index contributed by atoms with van der Waals surface area (Å²) in [6, 6.07) is 178. The Hall–Kier alpha value is -18.8. The lowest BCUT2D eigenvalue weighted by molar-refractivity contribution is 0.796. The lowest BCUT2D eigenvalue weighted by atomic mass is 9.84. The predicted octanol–water partition coefficient (Wildman–Crippen LogP) is 36.0. The molecule has 0 radical (unpaired) electrons. The molecule has 4 aromatic heterocycles. The zero-order valence-electron chi connectivity index (χ0n) is 79.2. The van der Waals surface area contributed by atoms with Gasteiger partial charge in [-0.3, -0.25) is 9.13 Å². The molecule has 0 fully saturated rings. The van der Waals surface area contributed by atoms with E-state index in [-0.39, 0.29) is 0 Å². The molecule has 0 unspecified atom stereocenters. The second-order valence-corrected chi connectivity index (χ2v) is 37.7. The standard InChI is InChI=1S/C136H90N8/c1-3-141-127-68-34-62-115(131(127)139-133(141)88-40-13-7-14-41-88)107-76-74-103(93-46-17-19-48-95(93)107)99-54-30-58-111-117(99)83-118-100(55-31-59-112(118)129(111)86-36-9-5-10-37-86)104-75-77-108(96-49-20-18-47-94(96)104)116-63-35-69-128-132(116)140-134(142(128)4-2)90-72-70-85(71-73-90)91-44-29-45-92(82-91)136-138-122-65-26-28-67-126(122)144(136)124-81-79-106(98-51-22-24-53-110(98)124)102-57-33-61-114-120(102)84-119-101(56-32-60-113(119)130(114)87-38-11-6-12-39-87)105-78-80-123(109-52-23-21-50-97(105)109)143-125-66-27-25-64-121(125)137-135(143)89-42-15-8-16-43-89/h5-84H,3-4H2,1-2H3. The first kappa shape index (κ1) is 83.4. The van der Waals surface area contributed by atoms with Gasteiger partial charge in [-0.25, -0.2) is 19.9 Å². The van der Waals surface area contributed by atoms with E-state index in [2.05, 4.69) is 517 Å².